The number of ketones is 2. The second-order valence-electron chi connectivity index (χ2n) is 4.97. The van der Waals surface area contributed by atoms with Crippen LogP contribution in [-0.4, -0.2) is 35.7 Å². The van der Waals surface area contributed by atoms with Gasteiger partial charge in [-0.3, -0.25) is 14.4 Å². The second-order valence-corrected chi connectivity index (χ2v) is 4.97. The molecule has 0 aromatic heterocycles. The van der Waals surface area contributed by atoms with Crippen molar-refractivity contribution >= 4 is 29.6 Å². The number of carbonyl (C=O) groups is 4. The van der Waals surface area contributed by atoms with E-state index in [9.17, 15) is 24.3 Å². The number of rotatable bonds is 5. The summed E-state index contributed by atoms with van der Waals surface area (Å²) < 4.78 is 9.41. The Balaban J connectivity index is 2.30. The van der Waals surface area contributed by atoms with Crippen LogP contribution in [0.5, 0.6) is 5.75 Å². The molecule has 1 aromatic rings. The fraction of sp³-hybridized carbons (Fsp3) is 0.176. The highest BCUT2D eigenvalue weighted by atomic mass is 16.6. The molecule has 24 heavy (non-hydrogen) atoms. The lowest BCUT2D eigenvalue weighted by atomic mass is 9.93. The van der Waals surface area contributed by atoms with Gasteiger partial charge in [0.1, 0.15) is 17.1 Å². The maximum atomic E-state index is 12.2. The SMILES string of the molecule is COc1cccc(/C=C/C(=O)C2C(=O)OC(=O)C(C(C)=O)=C2O)c1. The molecule has 1 aromatic carbocycles. The highest BCUT2D eigenvalue weighted by molar-refractivity contribution is 6.24. The van der Waals surface area contributed by atoms with Crippen molar-refractivity contribution in [3.63, 3.8) is 0 Å². The molecule has 0 amide bonds. The lowest BCUT2D eigenvalue weighted by Gasteiger charge is -2.19. The Kier molecular flexibility index (Phi) is 4.93. The summed E-state index contributed by atoms with van der Waals surface area (Å²) in [5, 5.41) is 9.95. The molecule has 1 aliphatic rings. The third kappa shape index (κ3) is 3.40. The summed E-state index contributed by atoms with van der Waals surface area (Å²) in [6.07, 6.45) is 2.47. The van der Waals surface area contributed by atoms with E-state index in [1.165, 1.54) is 13.2 Å². The molecule has 0 saturated heterocycles. The summed E-state index contributed by atoms with van der Waals surface area (Å²) >= 11 is 0. The first-order chi connectivity index (χ1) is 11.3. The summed E-state index contributed by atoms with van der Waals surface area (Å²) in [5.74, 6) is -6.12. The number of ether oxygens (including phenoxy) is 2. The van der Waals surface area contributed by atoms with Crippen LogP contribution in [0, 0.1) is 5.92 Å². The van der Waals surface area contributed by atoms with E-state index in [0.29, 0.717) is 11.3 Å². The molecular formula is C17H14O7. The first kappa shape index (κ1) is 17.1. The maximum absolute atomic E-state index is 12.2. The van der Waals surface area contributed by atoms with Crippen LogP contribution in [0.3, 0.4) is 0 Å². The van der Waals surface area contributed by atoms with Gasteiger partial charge in [0.2, 0.25) is 0 Å². The number of hydrogen-bond acceptors (Lipinski definition) is 7. The molecule has 2 rings (SSSR count). The number of allylic oxidation sites excluding steroid dienone is 1. The standard InChI is InChI=1S/C17H14O7/c1-9(18)13-15(20)14(17(22)24-16(13)21)12(19)7-6-10-4-3-5-11(8-10)23-2/h3-8,14,20H,1-2H3/b7-6+. The third-order valence-electron chi connectivity index (χ3n) is 3.33. The molecular weight excluding hydrogens is 316 g/mol. The molecule has 0 spiro atoms. The minimum absolute atomic E-state index is 0.578. The van der Waals surface area contributed by atoms with E-state index in [0.717, 1.165) is 13.0 Å². The number of aliphatic hydroxyl groups is 1. The monoisotopic (exact) mass is 330 g/mol. The van der Waals surface area contributed by atoms with Gasteiger partial charge in [0, 0.05) is 0 Å². The van der Waals surface area contributed by atoms with E-state index >= 15 is 0 Å². The topological polar surface area (TPSA) is 107 Å². The molecule has 0 saturated carbocycles. The zero-order valence-corrected chi connectivity index (χ0v) is 12.9. The van der Waals surface area contributed by atoms with E-state index in [4.69, 9.17) is 4.74 Å². The Morgan fingerprint density at radius 3 is 2.62 bits per heavy atom. The van der Waals surface area contributed by atoms with Crippen LogP contribution in [0.2, 0.25) is 0 Å². The molecule has 124 valence electrons. The zero-order valence-electron chi connectivity index (χ0n) is 12.9. The molecule has 1 aliphatic heterocycles. The van der Waals surface area contributed by atoms with Crippen LogP contribution in [0.1, 0.15) is 12.5 Å². The van der Waals surface area contributed by atoms with Crippen LogP contribution < -0.4 is 4.74 Å². The molecule has 1 N–H and O–H groups in total. The Bertz CT molecular complexity index is 786. The second kappa shape index (κ2) is 6.91. The first-order valence-corrected chi connectivity index (χ1v) is 6.91. The average Bonchev–Trinajstić information content (AvgIpc) is 2.52. The van der Waals surface area contributed by atoms with Crippen LogP contribution in [0.25, 0.3) is 6.08 Å². The first-order valence-electron chi connectivity index (χ1n) is 6.91. The van der Waals surface area contributed by atoms with Crippen LogP contribution in [0.4, 0.5) is 0 Å². The largest absolute Gasteiger partial charge is 0.510 e. The van der Waals surface area contributed by atoms with E-state index in [-0.39, 0.29) is 0 Å². The van der Waals surface area contributed by atoms with Crippen LogP contribution >= 0.6 is 0 Å². The number of carbonyl (C=O) groups excluding carboxylic acids is 4. The number of methoxy groups -OCH3 is 1. The van der Waals surface area contributed by atoms with Crippen molar-refractivity contribution in [1.29, 1.82) is 0 Å². The Morgan fingerprint density at radius 1 is 1.29 bits per heavy atom. The number of aliphatic hydroxyl groups excluding tert-OH is 1. The molecule has 0 aliphatic carbocycles. The predicted octanol–water partition coefficient (Wildman–Crippen LogP) is 1.38. The van der Waals surface area contributed by atoms with Crippen molar-refractivity contribution in [2.45, 2.75) is 6.92 Å². The van der Waals surface area contributed by atoms with Gasteiger partial charge < -0.3 is 14.6 Å². The van der Waals surface area contributed by atoms with Crippen molar-refractivity contribution in [2.75, 3.05) is 7.11 Å². The number of cyclic esters (lactones) is 2. The normalized spacial score (nSPS) is 17.8. The minimum Gasteiger partial charge on any atom is -0.510 e. The molecule has 1 unspecified atom stereocenters. The van der Waals surface area contributed by atoms with E-state index in [1.807, 2.05) is 0 Å². The van der Waals surface area contributed by atoms with Gasteiger partial charge in [0.15, 0.2) is 17.5 Å². The molecule has 1 atom stereocenters. The lowest BCUT2D eigenvalue weighted by molar-refractivity contribution is -0.162. The highest BCUT2D eigenvalue weighted by Gasteiger charge is 2.42. The fourth-order valence-corrected chi connectivity index (χ4v) is 2.16. The fourth-order valence-electron chi connectivity index (χ4n) is 2.16. The Hall–Kier alpha value is -3.22. The molecule has 7 nitrogen and oxygen atoms in total. The highest BCUT2D eigenvalue weighted by Crippen LogP contribution is 2.24. The van der Waals surface area contributed by atoms with Crippen molar-refractivity contribution in [3.8, 4) is 5.75 Å². The molecule has 0 bridgehead atoms. The zero-order chi connectivity index (χ0) is 17.9. The summed E-state index contributed by atoms with van der Waals surface area (Å²) in [4.78, 5) is 46.7. The van der Waals surface area contributed by atoms with Crippen molar-refractivity contribution in [3.05, 3.63) is 47.2 Å². The summed E-state index contributed by atoms with van der Waals surface area (Å²) in [7, 11) is 1.50. The lowest BCUT2D eigenvalue weighted by Crippen LogP contribution is -2.37. The van der Waals surface area contributed by atoms with E-state index < -0.39 is 40.8 Å². The van der Waals surface area contributed by atoms with Crippen molar-refractivity contribution in [1.82, 2.24) is 0 Å². The molecule has 1 heterocycles. The predicted molar refractivity (Wildman–Crippen MR) is 82.0 cm³/mol. The average molecular weight is 330 g/mol. The Morgan fingerprint density at radius 2 is 2.00 bits per heavy atom. The summed E-state index contributed by atoms with van der Waals surface area (Å²) in [5.41, 5.74) is -0.0686. The van der Waals surface area contributed by atoms with Crippen LogP contribution in [0.15, 0.2) is 41.7 Å². The smallest absolute Gasteiger partial charge is 0.352 e. The summed E-state index contributed by atoms with van der Waals surface area (Å²) in [6, 6.07) is 6.79. The van der Waals surface area contributed by atoms with E-state index in [2.05, 4.69) is 4.74 Å². The number of hydrogen-bond donors (Lipinski definition) is 1. The number of benzene rings is 1. The van der Waals surface area contributed by atoms with Crippen molar-refractivity contribution in [2.24, 2.45) is 5.92 Å². The van der Waals surface area contributed by atoms with Gasteiger partial charge in [-0.2, -0.15) is 0 Å². The van der Waals surface area contributed by atoms with Gasteiger partial charge in [-0.25, -0.2) is 4.79 Å². The molecule has 0 radical (unpaired) electrons. The Labute approximate surface area is 137 Å². The van der Waals surface area contributed by atoms with Gasteiger partial charge in [0.05, 0.1) is 7.11 Å². The van der Waals surface area contributed by atoms with Gasteiger partial charge >= 0.3 is 11.9 Å². The van der Waals surface area contributed by atoms with E-state index in [1.54, 1.807) is 24.3 Å². The van der Waals surface area contributed by atoms with Gasteiger partial charge in [0.25, 0.3) is 0 Å². The summed E-state index contributed by atoms with van der Waals surface area (Å²) in [6.45, 7) is 1.02. The maximum Gasteiger partial charge on any atom is 0.352 e. The number of Topliss-reactive ketones (excluding diaryl/α,β-unsaturated/α-hetero) is 1. The van der Waals surface area contributed by atoms with Gasteiger partial charge in [-0.05, 0) is 30.7 Å². The minimum atomic E-state index is -1.73. The quantitative estimate of drug-likeness (QED) is 0.376. The van der Waals surface area contributed by atoms with Crippen LogP contribution in [-0.2, 0) is 23.9 Å². The van der Waals surface area contributed by atoms with Gasteiger partial charge in [-0.15, -0.1) is 0 Å². The molecule has 0 fully saturated rings. The van der Waals surface area contributed by atoms with Gasteiger partial charge in [-0.1, -0.05) is 18.2 Å². The molecule has 7 heteroatoms. The van der Waals surface area contributed by atoms with Crippen molar-refractivity contribution < 1.29 is 33.8 Å². The third-order valence-corrected chi connectivity index (χ3v) is 3.33. The number of esters is 2.